The molecule has 15 heavy (non-hydrogen) atoms. The molecule has 0 saturated heterocycles. The van der Waals surface area contributed by atoms with Crippen LogP contribution in [0.4, 0.5) is 5.82 Å². The van der Waals surface area contributed by atoms with Gasteiger partial charge in [0.05, 0.1) is 0 Å². The van der Waals surface area contributed by atoms with Gasteiger partial charge in [0, 0.05) is 6.07 Å². The van der Waals surface area contributed by atoms with Gasteiger partial charge in [0.15, 0.2) is 4.60 Å². The molecule has 0 aliphatic rings. The summed E-state index contributed by atoms with van der Waals surface area (Å²) < 4.78 is 1.76. The molecular weight excluding hydrogens is 264 g/mol. The highest BCUT2D eigenvalue weighted by Crippen LogP contribution is 2.24. The summed E-state index contributed by atoms with van der Waals surface area (Å²) in [6.45, 7) is 0. The molecule has 2 rings (SSSR count). The second-order valence-corrected chi connectivity index (χ2v) is 3.51. The van der Waals surface area contributed by atoms with Gasteiger partial charge in [0.2, 0.25) is 11.3 Å². The third kappa shape index (κ3) is 1.35. The molecule has 0 spiro atoms. The van der Waals surface area contributed by atoms with Crippen molar-refractivity contribution in [3.05, 3.63) is 38.6 Å². The van der Waals surface area contributed by atoms with E-state index in [4.69, 9.17) is 5.26 Å². The third-order valence-electron chi connectivity index (χ3n) is 1.85. The fraction of sp³-hybridized carbons (Fsp3) is 0. The Bertz CT molecular complexity index is 598. The Morgan fingerprint density at radius 2 is 2.33 bits per heavy atom. The van der Waals surface area contributed by atoms with Crippen LogP contribution in [0.1, 0.15) is 5.69 Å². The van der Waals surface area contributed by atoms with Crippen LogP contribution < -0.4 is 0 Å². The summed E-state index contributed by atoms with van der Waals surface area (Å²) in [6, 6.07) is 6.63. The van der Waals surface area contributed by atoms with Crippen LogP contribution in [0.15, 0.2) is 22.8 Å². The highest BCUT2D eigenvalue weighted by atomic mass is 79.9. The van der Waals surface area contributed by atoms with Crippen LogP contribution in [0.25, 0.3) is 5.65 Å². The highest BCUT2D eigenvalue weighted by molar-refractivity contribution is 9.10. The number of nitrogens with zero attached hydrogens (tertiary/aromatic N) is 4. The zero-order valence-electron chi connectivity index (χ0n) is 7.22. The molecule has 6 nitrogen and oxygen atoms in total. The molecule has 0 N–H and O–H groups in total. The lowest BCUT2D eigenvalue weighted by Gasteiger charge is -1.94. The maximum Gasteiger partial charge on any atom is 0.367 e. The molecule has 0 saturated carbocycles. The number of fused-ring (bicyclic) bond motifs is 1. The third-order valence-corrected chi connectivity index (χ3v) is 2.47. The van der Waals surface area contributed by atoms with E-state index in [1.54, 1.807) is 24.3 Å². The Labute approximate surface area is 92.0 Å². The van der Waals surface area contributed by atoms with Crippen molar-refractivity contribution in [1.82, 2.24) is 9.38 Å². The molecule has 74 valence electrons. The summed E-state index contributed by atoms with van der Waals surface area (Å²) in [5.41, 5.74) is 0.180. The Morgan fingerprint density at radius 1 is 1.60 bits per heavy atom. The molecule has 0 bridgehead atoms. The van der Waals surface area contributed by atoms with Crippen LogP contribution in [-0.4, -0.2) is 14.3 Å². The highest BCUT2D eigenvalue weighted by Gasteiger charge is 2.23. The standard InChI is InChI=1S/C8H3BrN4O2/c9-6-2-1-3-7-11-5(4-10)8(12(6)7)13(14)15/h1-3H. The Balaban J connectivity index is 2.97. The van der Waals surface area contributed by atoms with Gasteiger partial charge in [-0.3, -0.25) is 0 Å². The number of aromatic nitrogens is 2. The van der Waals surface area contributed by atoms with Crippen LogP contribution >= 0.6 is 15.9 Å². The quantitative estimate of drug-likeness (QED) is 0.448. The van der Waals surface area contributed by atoms with Crippen molar-refractivity contribution in [2.24, 2.45) is 0 Å². The SMILES string of the molecule is N#Cc1nc2cccc(Br)n2c1[N+](=O)[O-]. The van der Waals surface area contributed by atoms with E-state index in [9.17, 15) is 10.1 Å². The molecule has 2 heterocycles. The summed E-state index contributed by atoms with van der Waals surface area (Å²) in [7, 11) is 0. The molecule has 2 aromatic rings. The van der Waals surface area contributed by atoms with E-state index < -0.39 is 4.92 Å². The fourth-order valence-corrected chi connectivity index (χ4v) is 1.78. The minimum Gasteiger partial charge on any atom is -0.358 e. The van der Waals surface area contributed by atoms with E-state index in [0.29, 0.717) is 10.3 Å². The molecular formula is C8H3BrN4O2. The smallest absolute Gasteiger partial charge is 0.358 e. The van der Waals surface area contributed by atoms with Crippen molar-refractivity contribution in [3.63, 3.8) is 0 Å². The first-order valence-electron chi connectivity index (χ1n) is 3.86. The van der Waals surface area contributed by atoms with Gasteiger partial charge in [-0.25, -0.2) is 0 Å². The van der Waals surface area contributed by atoms with E-state index in [0.717, 1.165) is 0 Å². The van der Waals surface area contributed by atoms with Gasteiger partial charge in [0.25, 0.3) is 0 Å². The van der Waals surface area contributed by atoms with Crippen molar-refractivity contribution in [1.29, 1.82) is 5.26 Å². The lowest BCUT2D eigenvalue weighted by molar-refractivity contribution is -0.390. The van der Waals surface area contributed by atoms with Crippen LogP contribution in [0.3, 0.4) is 0 Å². The van der Waals surface area contributed by atoms with Crippen molar-refractivity contribution >= 4 is 27.4 Å². The summed E-state index contributed by atoms with van der Waals surface area (Å²) in [6.07, 6.45) is 0. The average molecular weight is 267 g/mol. The molecule has 0 atom stereocenters. The first kappa shape index (κ1) is 9.61. The van der Waals surface area contributed by atoms with Gasteiger partial charge in [-0.15, -0.1) is 0 Å². The molecule has 0 fully saturated rings. The van der Waals surface area contributed by atoms with E-state index in [2.05, 4.69) is 20.9 Å². The molecule has 2 aromatic heterocycles. The van der Waals surface area contributed by atoms with Crippen LogP contribution in [0, 0.1) is 21.4 Å². The Hall–Kier alpha value is -1.94. The summed E-state index contributed by atoms with van der Waals surface area (Å²) in [5.74, 6) is -0.319. The monoisotopic (exact) mass is 266 g/mol. The maximum absolute atomic E-state index is 10.8. The predicted molar refractivity (Wildman–Crippen MR) is 54.3 cm³/mol. The zero-order chi connectivity index (χ0) is 11.0. The van der Waals surface area contributed by atoms with Crippen molar-refractivity contribution in [2.75, 3.05) is 0 Å². The summed E-state index contributed by atoms with van der Waals surface area (Å²) in [5, 5.41) is 19.5. The Morgan fingerprint density at radius 3 is 2.93 bits per heavy atom. The number of hydrogen-bond donors (Lipinski definition) is 0. The topological polar surface area (TPSA) is 84.2 Å². The molecule has 0 aliphatic carbocycles. The van der Waals surface area contributed by atoms with Crippen molar-refractivity contribution in [3.8, 4) is 6.07 Å². The zero-order valence-corrected chi connectivity index (χ0v) is 8.80. The normalized spacial score (nSPS) is 10.1. The molecule has 0 amide bonds. The van der Waals surface area contributed by atoms with Crippen LogP contribution in [0.5, 0.6) is 0 Å². The van der Waals surface area contributed by atoms with Crippen molar-refractivity contribution in [2.45, 2.75) is 0 Å². The van der Waals surface area contributed by atoms with E-state index in [1.807, 2.05) is 0 Å². The molecule has 0 aromatic carbocycles. The lowest BCUT2D eigenvalue weighted by atomic mass is 10.5. The van der Waals surface area contributed by atoms with Crippen LogP contribution in [0.2, 0.25) is 0 Å². The molecule has 0 unspecified atom stereocenters. The van der Waals surface area contributed by atoms with E-state index in [1.165, 1.54) is 4.40 Å². The average Bonchev–Trinajstić information content (AvgIpc) is 2.57. The lowest BCUT2D eigenvalue weighted by Crippen LogP contribution is -1.96. The van der Waals surface area contributed by atoms with Gasteiger partial charge in [-0.1, -0.05) is 6.07 Å². The second-order valence-electron chi connectivity index (χ2n) is 2.70. The Kier molecular flexibility index (Phi) is 2.13. The first-order chi connectivity index (χ1) is 7.15. The number of rotatable bonds is 1. The predicted octanol–water partition coefficient (Wildman–Crippen LogP) is 1.88. The van der Waals surface area contributed by atoms with E-state index in [-0.39, 0.29) is 11.5 Å². The van der Waals surface area contributed by atoms with E-state index >= 15 is 0 Å². The molecule has 0 radical (unpaired) electrons. The van der Waals surface area contributed by atoms with Crippen molar-refractivity contribution < 1.29 is 4.92 Å². The van der Waals surface area contributed by atoms with Gasteiger partial charge in [0.1, 0.15) is 6.07 Å². The molecule has 7 heteroatoms. The number of pyridine rings is 1. The van der Waals surface area contributed by atoms with Gasteiger partial charge < -0.3 is 10.1 Å². The second kappa shape index (κ2) is 3.33. The number of nitriles is 1. The molecule has 0 aliphatic heterocycles. The minimum atomic E-state index is -0.622. The van der Waals surface area contributed by atoms with Gasteiger partial charge in [-0.05, 0) is 26.9 Å². The largest absolute Gasteiger partial charge is 0.367 e. The maximum atomic E-state index is 10.8. The number of hydrogen-bond acceptors (Lipinski definition) is 4. The van der Waals surface area contributed by atoms with Crippen LogP contribution in [-0.2, 0) is 0 Å². The summed E-state index contributed by atoms with van der Waals surface area (Å²) >= 11 is 3.17. The van der Waals surface area contributed by atoms with Gasteiger partial charge in [-0.2, -0.15) is 14.6 Å². The summed E-state index contributed by atoms with van der Waals surface area (Å²) in [4.78, 5) is 14.0. The number of imidazole rings is 1. The number of nitro groups is 1. The van der Waals surface area contributed by atoms with Gasteiger partial charge >= 0.3 is 5.82 Å². The number of halogens is 1. The minimum absolute atomic E-state index is 0.188. The first-order valence-corrected chi connectivity index (χ1v) is 4.66. The fourth-order valence-electron chi connectivity index (χ4n) is 1.28.